The Morgan fingerprint density at radius 2 is 0.714 bits per heavy atom. The molecule has 4 heteroatoms. The van der Waals surface area contributed by atoms with Gasteiger partial charge in [0.05, 0.1) is 0 Å². The number of benzene rings is 2. The van der Waals surface area contributed by atoms with Gasteiger partial charge in [-0.15, -0.1) is 0 Å². The Labute approximate surface area is 175 Å². The van der Waals surface area contributed by atoms with Crippen molar-refractivity contribution in [1.29, 1.82) is 0 Å². The molecule has 0 spiro atoms. The molecule has 0 aliphatic heterocycles. The largest absolute Gasteiger partial charge is 0.321 e. The van der Waals surface area contributed by atoms with Crippen LogP contribution in [0.25, 0.3) is 0 Å². The molecule has 0 unspecified atom stereocenters. The maximum atomic E-state index is 2.85. The molecule has 0 saturated carbocycles. The summed E-state index contributed by atoms with van der Waals surface area (Å²) < 4.78 is 5.70. The molecule has 0 heterocycles. The first-order valence-electron chi connectivity index (χ1n) is 11.3. The molecule has 0 saturated heterocycles. The fourth-order valence-electron chi connectivity index (χ4n) is 4.74. The van der Waals surface area contributed by atoms with Crippen LogP contribution in [0.4, 0.5) is 11.4 Å². The average molecular weight is 413 g/mol. The molecule has 154 valence electrons. The van der Waals surface area contributed by atoms with E-state index in [0.29, 0.717) is 0 Å². The quantitative estimate of drug-likeness (QED) is 0.273. The highest BCUT2D eigenvalue weighted by atomic mass is 28.3. The van der Waals surface area contributed by atoms with Crippen molar-refractivity contribution < 1.29 is 0 Å². The smallest absolute Gasteiger partial charge is 0.181 e. The number of anilines is 2. The molecule has 2 aromatic rings. The van der Waals surface area contributed by atoms with Gasteiger partial charge in [0.15, 0.2) is 16.5 Å². The molecule has 0 aromatic heterocycles. The fourth-order valence-corrected chi connectivity index (χ4v) is 13.3. The zero-order valence-electron chi connectivity index (χ0n) is 18.9. The van der Waals surface area contributed by atoms with Gasteiger partial charge < -0.3 is 9.35 Å². The first-order chi connectivity index (χ1) is 13.6. The predicted molar refractivity (Wildman–Crippen MR) is 132 cm³/mol. The first-order valence-corrected chi connectivity index (χ1v) is 16.4. The summed E-state index contributed by atoms with van der Waals surface area (Å²) in [5, 5.41) is 0. The van der Waals surface area contributed by atoms with E-state index in [9.17, 15) is 0 Å². The summed E-state index contributed by atoms with van der Waals surface area (Å²) in [5.41, 5.74) is 2.77. The van der Waals surface area contributed by atoms with Crippen LogP contribution in [0.5, 0.6) is 0 Å². The van der Waals surface area contributed by atoms with Crippen molar-refractivity contribution in [3.63, 3.8) is 0 Å². The molecular formula is C24H40N2Si2. The predicted octanol–water partition coefficient (Wildman–Crippen LogP) is 7.93. The maximum Gasteiger partial charge on any atom is 0.181 e. The zero-order chi connectivity index (χ0) is 20.6. The highest BCUT2D eigenvalue weighted by molar-refractivity contribution is 6.89. The van der Waals surface area contributed by atoms with Crippen LogP contribution in [-0.2, 0) is 0 Å². The summed E-state index contributed by atoms with van der Waals surface area (Å²) in [6, 6.07) is 30.1. The van der Waals surface area contributed by atoms with Crippen LogP contribution in [0, 0.1) is 0 Å². The Bertz CT molecular complexity index is 604. The second-order valence-electron chi connectivity index (χ2n) is 7.86. The monoisotopic (exact) mass is 412 g/mol. The summed E-state index contributed by atoms with van der Waals surface area (Å²) in [6.45, 7) is 14.5. The lowest BCUT2D eigenvalue weighted by Gasteiger charge is -2.57. The first kappa shape index (κ1) is 22.8. The maximum absolute atomic E-state index is 2.85. The van der Waals surface area contributed by atoms with E-state index < -0.39 is 16.5 Å². The van der Waals surface area contributed by atoms with Gasteiger partial charge >= 0.3 is 0 Å². The molecule has 28 heavy (non-hydrogen) atoms. The lowest BCUT2D eigenvalue weighted by molar-refractivity contribution is 0.943. The molecular weight excluding hydrogens is 372 g/mol. The summed E-state index contributed by atoms with van der Waals surface area (Å²) >= 11 is 0. The van der Waals surface area contributed by atoms with Gasteiger partial charge in [-0.2, -0.15) is 0 Å². The minimum atomic E-state index is -1.70. The van der Waals surface area contributed by atoms with Gasteiger partial charge in [0.2, 0.25) is 0 Å². The van der Waals surface area contributed by atoms with Crippen molar-refractivity contribution >= 4 is 27.8 Å². The van der Waals surface area contributed by atoms with Crippen LogP contribution < -0.4 is 9.35 Å². The second kappa shape index (κ2) is 10.3. The molecule has 0 atom stereocenters. The number of hydrazine groups is 1. The number of hydrogen-bond donors (Lipinski definition) is 0. The Morgan fingerprint density at radius 3 is 0.929 bits per heavy atom. The van der Waals surface area contributed by atoms with Gasteiger partial charge in [0, 0.05) is 11.4 Å². The van der Waals surface area contributed by atoms with Crippen molar-refractivity contribution in [3.05, 3.63) is 60.7 Å². The Morgan fingerprint density at radius 1 is 0.464 bits per heavy atom. The van der Waals surface area contributed by atoms with Crippen LogP contribution >= 0.6 is 0 Å². The van der Waals surface area contributed by atoms with E-state index in [2.05, 4.69) is 112 Å². The number of para-hydroxylation sites is 2. The number of rotatable bonds is 11. The van der Waals surface area contributed by atoms with E-state index in [0.717, 1.165) is 0 Å². The third kappa shape index (κ3) is 4.23. The molecule has 2 nitrogen and oxygen atoms in total. The van der Waals surface area contributed by atoms with Gasteiger partial charge in [-0.25, -0.2) is 0 Å². The van der Waals surface area contributed by atoms with Crippen LogP contribution in [0.1, 0.15) is 41.5 Å². The van der Waals surface area contributed by atoms with Crippen LogP contribution in [-0.4, -0.2) is 16.5 Å². The van der Waals surface area contributed by atoms with E-state index in [1.165, 1.54) is 47.6 Å². The highest BCUT2D eigenvalue weighted by Gasteiger charge is 2.46. The molecule has 2 aromatic carbocycles. The van der Waals surface area contributed by atoms with Crippen molar-refractivity contribution in [2.75, 3.05) is 9.35 Å². The van der Waals surface area contributed by atoms with Gasteiger partial charge in [0.1, 0.15) is 0 Å². The number of nitrogens with zero attached hydrogens (tertiary/aromatic N) is 2. The van der Waals surface area contributed by atoms with Crippen LogP contribution in [0.2, 0.25) is 36.3 Å². The van der Waals surface area contributed by atoms with E-state index in [4.69, 9.17) is 0 Å². The fraction of sp³-hybridized carbons (Fsp3) is 0.500. The van der Waals surface area contributed by atoms with Gasteiger partial charge in [-0.05, 0) is 60.5 Å². The summed E-state index contributed by atoms with van der Waals surface area (Å²) in [4.78, 5) is 0. The van der Waals surface area contributed by atoms with E-state index in [1.54, 1.807) is 0 Å². The molecule has 0 aliphatic carbocycles. The third-order valence-electron chi connectivity index (χ3n) is 7.05. The third-order valence-corrected chi connectivity index (χ3v) is 17.9. The van der Waals surface area contributed by atoms with Crippen molar-refractivity contribution in [1.82, 2.24) is 0 Å². The second-order valence-corrected chi connectivity index (χ2v) is 17.9. The van der Waals surface area contributed by atoms with Crippen molar-refractivity contribution in [2.24, 2.45) is 0 Å². The van der Waals surface area contributed by atoms with Crippen molar-refractivity contribution in [2.45, 2.75) is 77.8 Å². The topological polar surface area (TPSA) is 6.48 Å². The number of hydrogen-bond acceptors (Lipinski definition) is 2. The van der Waals surface area contributed by atoms with E-state index >= 15 is 0 Å². The van der Waals surface area contributed by atoms with Crippen LogP contribution in [0.3, 0.4) is 0 Å². The lowest BCUT2D eigenvalue weighted by atomic mass is 10.3. The Kier molecular flexibility index (Phi) is 8.38. The molecule has 2 rings (SSSR count). The molecule has 0 aliphatic rings. The lowest BCUT2D eigenvalue weighted by Crippen LogP contribution is -2.70. The Hall–Kier alpha value is -1.53. The molecule has 0 amide bonds. The summed E-state index contributed by atoms with van der Waals surface area (Å²) in [7, 11) is -3.40. The normalized spacial score (nSPS) is 12.1. The van der Waals surface area contributed by atoms with E-state index in [-0.39, 0.29) is 0 Å². The van der Waals surface area contributed by atoms with Gasteiger partial charge in [0.25, 0.3) is 0 Å². The highest BCUT2D eigenvalue weighted by Crippen LogP contribution is 2.40. The molecule has 0 radical (unpaired) electrons. The zero-order valence-corrected chi connectivity index (χ0v) is 20.9. The Balaban J connectivity index is 2.82. The minimum absolute atomic E-state index is 1.28. The standard InChI is InChI=1S/C24H40N2Si2/c1-7-27(8-2,9-3)25(23-19-15-13-16-20-23)26(24-21-17-14-18-22-24)28(10-4,11-5)12-6/h13-22H,7-12H2,1-6H3. The summed E-state index contributed by atoms with van der Waals surface area (Å²) in [6.07, 6.45) is 0. The molecule has 0 fully saturated rings. The van der Waals surface area contributed by atoms with E-state index in [1.807, 2.05) is 0 Å². The SMILES string of the molecule is CC[Si](CC)(CC)N(c1ccccc1)N(c1ccccc1)[Si](CC)(CC)CC. The molecule has 0 N–H and O–H groups in total. The van der Waals surface area contributed by atoms with Gasteiger partial charge in [-0.1, -0.05) is 77.9 Å². The van der Waals surface area contributed by atoms with Crippen molar-refractivity contribution in [3.8, 4) is 0 Å². The molecule has 0 bridgehead atoms. The van der Waals surface area contributed by atoms with Gasteiger partial charge in [-0.3, -0.25) is 0 Å². The average Bonchev–Trinajstić information content (AvgIpc) is 2.78. The summed E-state index contributed by atoms with van der Waals surface area (Å²) in [5.74, 6) is 0. The minimum Gasteiger partial charge on any atom is -0.321 e. The van der Waals surface area contributed by atoms with Crippen LogP contribution in [0.15, 0.2) is 60.7 Å².